The van der Waals surface area contributed by atoms with Gasteiger partial charge in [-0.05, 0) is 37.1 Å². The van der Waals surface area contributed by atoms with Gasteiger partial charge in [-0.1, -0.05) is 51.2 Å². The monoisotopic (exact) mass is 350 g/mol. The van der Waals surface area contributed by atoms with Crippen LogP contribution in [0.2, 0.25) is 0 Å². The predicted octanol–water partition coefficient (Wildman–Crippen LogP) is 4.88. The number of aliphatic hydroxyl groups excluding tert-OH is 1. The van der Waals surface area contributed by atoms with Crippen molar-refractivity contribution in [2.45, 2.75) is 58.0 Å². The molecule has 0 radical (unpaired) electrons. The number of methoxy groups -OCH3 is 1. The second-order valence-corrected chi connectivity index (χ2v) is 5.90. The maximum Gasteiger partial charge on any atom is 0.514 e. The van der Waals surface area contributed by atoms with E-state index in [1.165, 1.54) is 25.7 Å². The molecule has 0 saturated heterocycles. The second-order valence-electron chi connectivity index (χ2n) is 5.90. The van der Waals surface area contributed by atoms with Crippen LogP contribution in [0.4, 0.5) is 4.79 Å². The molecule has 1 aromatic carbocycles. The summed E-state index contributed by atoms with van der Waals surface area (Å²) in [7, 11) is 1.57. The van der Waals surface area contributed by atoms with Gasteiger partial charge in [0.15, 0.2) is 0 Å². The number of ether oxygens (including phenoxy) is 3. The zero-order valence-corrected chi connectivity index (χ0v) is 15.3. The van der Waals surface area contributed by atoms with Crippen molar-refractivity contribution in [2.24, 2.45) is 0 Å². The van der Waals surface area contributed by atoms with Crippen LogP contribution in [0.5, 0.6) is 11.5 Å². The highest BCUT2D eigenvalue weighted by atomic mass is 16.7. The summed E-state index contributed by atoms with van der Waals surface area (Å²) in [5, 5.41) is 9.86. The van der Waals surface area contributed by atoms with Crippen molar-refractivity contribution in [3.8, 4) is 11.5 Å². The lowest BCUT2D eigenvalue weighted by Crippen LogP contribution is -2.10. The minimum Gasteiger partial charge on any atom is -0.497 e. The van der Waals surface area contributed by atoms with Gasteiger partial charge in [-0.3, -0.25) is 0 Å². The molecule has 0 aliphatic carbocycles. The molecule has 5 heteroatoms. The standard InChI is InChI=1S/C20H30O5/c1-3-4-5-6-7-10-17(21)11-8-9-16-24-20(22)25-19-14-12-18(23-2)13-15-19/h8-9,12-15,17,21H,3-7,10-11,16H2,1-2H3/b9-8+/t17-/m0/s1. The van der Waals surface area contributed by atoms with Crippen molar-refractivity contribution in [3.05, 3.63) is 36.4 Å². The van der Waals surface area contributed by atoms with E-state index in [1.54, 1.807) is 37.5 Å². The summed E-state index contributed by atoms with van der Waals surface area (Å²) >= 11 is 0. The minimum absolute atomic E-state index is 0.123. The fourth-order valence-electron chi connectivity index (χ4n) is 2.31. The molecule has 1 rings (SSSR count). The highest BCUT2D eigenvalue weighted by Gasteiger charge is 2.05. The molecule has 0 bridgehead atoms. The molecule has 0 fully saturated rings. The lowest BCUT2D eigenvalue weighted by atomic mass is 10.1. The van der Waals surface area contributed by atoms with E-state index in [9.17, 15) is 9.90 Å². The van der Waals surface area contributed by atoms with Gasteiger partial charge < -0.3 is 19.3 Å². The summed E-state index contributed by atoms with van der Waals surface area (Å²) in [5.41, 5.74) is 0. The van der Waals surface area contributed by atoms with E-state index >= 15 is 0 Å². The number of benzene rings is 1. The van der Waals surface area contributed by atoms with Gasteiger partial charge in [-0.15, -0.1) is 0 Å². The van der Waals surface area contributed by atoms with Crippen LogP contribution in [-0.4, -0.2) is 31.1 Å². The minimum atomic E-state index is -0.758. The van der Waals surface area contributed by atoms with E-state index in [-0.39, 0.29) is 12.7 Å². The number of hydrogen-bond donors (Lipinski definition) is 1. The Morgan fingerprint density at radius 3 is 2.44 bits per heavy atom. The molecule has 5 nitrogen and oxygen atoms in total. The number of rotatable bonds is 12. The molecule has 1 atom stereocenters. The Morgan fingerprint density at radius 2 is 1.76 bits per heavy atom. The molecular weight excluding hydrogens is 320 g/mol. The van der Waals surface area contributed by atoms with Crippen molar-refractivity contribution >= 4 is 6.16 Å². The molecule has 0 saturated carbocycles. The van der Waals surface area contributed by atoms with Crippen LogP contribution in [0.25, 0.3) is 0 Å². The summed E-state index contributed by atoms with van der Waals surface area (Å²) in [6, 6.07) is 6.66. The summed E-state index contributed by atoms with van der Waals surface area (Å²) in [6.07, 6.45) is 9.81. The fraction of sp³-hybridized carbons (Fsp3) is 0.550. The van der Waals surface area contributed by atoms with Crippen molar-refractivity contribution in [1.29, 1.82) is 0 Å². The molecule has 0 spiro atoms. The molecule has 0 amide bonds. The number of hydrogen-bond acceptors (Lipinski definition) is 5. The van der Waals surface area contributed by atoms with Gasteiger partial charge in [-0.25, -0.2) is 4.79 Å². The first-order valence-corrected chi connectivity index (χ1v) is 8.97. The van der Waals surface area contributed by atoms with Crippen LogP contribution in [0.15, 0.2) is 36.4 Å². The average Bonchev–Trinajstić information content (AvgIpc) is 2.62. The molecular formula is C20H30O5. The second kappa shape index (κ2) is 13.3. The quantitative estimate of drug-likeness (QED) is 0.252. The molecule has 0 aromatic heterocycles. The molecule has 0 unspecified atom stereocenters. The third-order valence-electron chi connectivity index (χ3n) is 3.77. The zero-order valence-electron chi connectivity index (χ0n) is 15.3. The van der Waals surface area contributed by atoms with Crippen molar-refractivity contribution in [3.63, 3.8) is 0 Å². The Balaban J connectivity index is 2.10. The van der Waals surface area contributed by atoms with Gasteiger partial charge in [0.2, 0.25) is 0 Å². The number of carbonyl (C=O) groups is 1. The maximum absolute atomic E-state index is 11.5. The van der Waals surface area contributed by atoms with Crippen LogP contribution in [0.1, 0.15) is 51.9 Å². The normalized spacial score (nSPS) is 12.1. The Hall–Kier alpha value is -2.01. The first kappa shape index (κ1) is 21.0. The summed E-state index contributed by atoms with van der Waals surface area (Å²) in [4.78, 5) is 11.5. The van der Waals surface area contributed by atoms with Gasteiger partial charge in [0.05, 0.1) is 13.2 Å². The highest BCUT2D eigenvalue weighted by Crippen LogP contribution is 2.17. The summed E-state index contributed by atoms with van der Waals surface area (Å²) < 4.78 is 15.0. The molecule has 140 valence electrons. The Bertz CT molecular complexity index is 495. The fourth-order valence-corrected chi connectivity index (χ4v) is 2.31. The smallest absolute Gasteiger partial charge is 0.497 e. The van der Waals surface area contributed by atoms with E-state index < -0.39 is 6.16 Å². The van der Waals surface area contributed by atoms with Crippen molar-refractivity contribution in [2.75, 3.05) is 13.7 Å². The van der Waals surface area contributed by atoms with Crippen LogP contribution in [0.3, 0.4) is 0 Å². The maximum atomic E-state index is 11.5. The molecule has 1 aromatic rings. The van der Waals surface area contributed by atoms with Crippen LogP contribution in [-0.2, 0) is 4.74 Å². The van der Waals surface area contributed by atoms with E-state index in [4.69, 9.17) is 14.2 Å². The number of carbonyl (C=O) groups excluding carboxylic acids is 1. The highest BCUT2D eigenvalue weighted by molar-refractivity contribution is 5.63. The van der Waals surface area contributed by atoms with E-state index in [2.05, 4.69) is 6.92 Å². The average molecular weight is 350 g/mol. The molecule has 0 heterocycles. The largest absolute Gasteiger partial charge is 0.514 e. The molecule has 25 heavy (non-hydrogen) atoms. The van der Waals surface area contributed by atoms with Gasteiger partial charge in [0.1, 0.15) is 18.1 Å². The van der Waals surface area contributed by atoms with Gasteiger partial charge in [-0.2, -0.15) is 0 Å². The first-order chi connectivity index (χ1) is 12.2. The lowest BCUT2D eigenvalue weighted by Gasteiger charge is -2.07. The third-order valence-corrected chi connectivity index (χ3v) is 3.77. The van der Waals surface area contributed by atoms with Crippen LogP contribution in [0, 0.1) is 0 Å². The SMILES string of the molecule is CCCCCCC[C@H](O)C/C=C/COC(=O)Oc1ccc(OC)cc1. The van der Waals surface area contributed by atoms with Crippen molar-refractivity contribution in [1.82, 2.24) is 0 Å². The lowest BCUT2D eigenvalue weighted by molar-refractivity contribution is 0.109. The van der Waals surface area contributed by atoms with Gasteiger partial charge in [0, 0.05) is 0 Å². The molecule has 1 N–H and O–H groups in total. The van der Waals surface area contributed by atoms with E-state index in [0.29, 0.717) is 17.9 Å². The number of aliphatic hydroxyl groups is 1. The van der Waals surface area contributed by atoms with Crippen molar-refractivity contribution < 1.29 is 24.1 Å². The van der Waals surface area contributed by atoms with Gasteiger partial charge in [0.25, 0.3) is 0 Å². The van der Waals surface area contributed by atoms with E-state index in [1.807, 2.05) is 6.08 Å². The number of unbranched alkanes of at least 4 members (excludes halogenated alkanes) is 4. The van der Waals surface area contributed by atoms with Crippen LogP contribution >= 0.6 is 0 Å². The Labute approximate surface area is 150 Å². The third kappa shape index (κ3) is 10.5. The molecule has 0 aliphatic heterocycles. The molecule has 0 aliphatic rings. The summed E-state index contributed by atoms with van der Waals surface area (Å²) in [6.45, 7) is 2.31. The predicted molar refractivity (Wildman–Crippen MR) is 98.1 cm³/mol. The van der Waals surface area contributed by atoms with Crippen LogP contribution < -0.4 is 9.47 Å². The Kier molecular flexibility index (Phi) is 11.2. The zero-order chi connectivity index (χ0) is 18.3. The summed E-state index contributed by atoms with van der Waals surface area (Å²) in [5.74, 6) is 1.08. The first-order valence-electron chi connectivity index (χ1n) is 8.97. The Morgan fingerprint density at radius 1 is 1.08 bits per heavy atom. The van der Waals surface area contributed by atoms with E-state index in [0.717, 1.165) is 12.8 Å². The topological polar surface area (TPSA) is 65.0 Å². The van der Waals surface area contributed by atoms with Gasteiger partial charge >= 0.3 is 6.16 Å².